The number of methoxy groups -OCH3 is 1. The minimum atomic E-state index is 0.277. The zero-order valence-corrected chi connectivity index (χ0v) is 19.8. The monoisotopic (exact) mass is 471 g/mol. The first-order valence-electron chi connectivity index (χ1n) is 11.4. The van der Waals surface area contributed by atoms with Gasteiger partial charge in [0.15, 0.2) is 11.6 Å². The van der Waals surface area contributed by atoms with Crippen LogP contribution in [0.5, 0.6) is 0 Å². The lowest BCUT2D eigenvalue weighted by Gasteiger charge is -2.16. The number of imidazole rings is 1. The fraction of sp³-hybridized carbons (Fsp3) is 0.280. The molecule has 2 N–H and O–H groups in total. The largest absolute Gasteiger partial charge is 0.381 e. The van der Waals surface area contributed by atoms with Gasteiger partial charge in [0.05, 0.1) is 16.4 Å². The maximum Gasteiger partial charge on any atom is 0.199 e. The van der Waals surface area contributed by atoms with Crippen LogP contribution in [-0.4, -0.2) is 49.0 Å². The van der Waals surface area contributed by atoms with E-state index in [2.05, 4.69) is 44.8 Å². The molecular formula is C25H25N7OS. The Morgan fingerprint density at radius 3 is 2.74 bits per heavy atom. The number of ether oxygens (including phenoxy) is 1. The van der Waals surface area contributed by atoms with Gasteiger partial charge in [-0.05, 0) is 30.9 Å². The summed E-state index contributed by atoms with van der Waals surface area (Å²) >= 11 is 1.64. The number of hydrogen-bond donors (Lipinski definition) is 2. The normalized spacial score (nSPS) is 18.1. The Labute approximate surface area is 201 Å². The summed E-state index contributed by atoms with van der Waals surface area (Å²) in [5, 5.41) is 12.2. The van der Waals surface area contributed by atoms with E-state index < -0.39 is 0 Å². The van der Waals surface area contributed by atoms with E-state index >= 15 is 0 Å². The van der Waals surface area contributed by atoms with Gasteiger partial charge in [-0.1, -0.05) is 30.3 Å². The molecule has 1 aliphatic carbocycles. The standard InChI is InChI=1S/C25H25N7OS/c1-32-13-12-26-24(32)23-29-22(28-16-8-9-17(14-16)33-2)20-19(15-6-4-3-5-7-15)21(34-25(20)30-23)18-10-11-27-31-18/h3-7,10-13,16-17H,8-9,14H2,1-2H3,(H,27,31)(H,28,29,30)/t16-,17+/m1/s1. The molecule has 1 aromatic carbocycles. The number of aryl methyl sites for hydroxylation is 1. The Morgan fingerprint density at radius 1 is 1.15 bits per heavy atom. The molecule has 0 bridgehead atoms. The molecule has 8 nitrogen and oxygen atoms in total. The van der Waals surface area contributed by atoms with Crippen LogP contribution < -0.4 is 5.32 Å². The number of rotatable bonds is 6. The molecule has 1 saturated carbocycles. The second-order valence-electron chi connectivity index (χ2n) is 8.58. The van der Waals surface area contributed by atoms with E-state index in [0.717, 1.165) is 62.8 Å². The lowest BCUT2D eigenvalue weighted by atomic mass is 10.0. The summed E-state index contributed by atoms with van der Waals surface area (Å²) in [6.45, 7) is 0. The zero-order chi connectivity index (χ0) is 23.1. The van der Waals surface area contributed by atoms with E-state index in [1.165, 1.54) is 0 Å². The third kappa shape index (κ3) is 3.66. The number of H-pyrrole nitrogens is 1. The molecule has 172 valence electrons. The van der Waals surface area contributed by atoms with Crippen LogP contribution in [-0.2, 0) is 11.8 Å². The number of nitrogens with zero attached hydrogens (tertiary/aromatic N) is 5. The first kappa shape index (κ1) is 21.0. The molecule has 0 amide bonds. The van der Waals surface area contributed by atoms with E-state index in [-0.39, 0.29) is 12.1 Å². The van der Waals surface area contributed by atoms with E-state index in [1.807, 2.05) is 36.1 Å². The van der Waals surface area contributed by atoms with Crippen molar-refractivity contribution in [2.45, 2.75) is 31.4 Å². The minimum Gasteiger partial charge on any atom is -0.381 e. The van der Waals surface area contributed by atoms with Crippen molar-refractivity contribution in [3.63, 3.8) is 0 Å². The lowest BCUT2D eigenvalue weighted by molar-refractivity contribution is 0.108. The van der Waals surface area contributed by atoms with Gasteiger partial charge in [-0.25, -0.2) is 15.0 Å². The van der Waals surface area contributed by atoms with Crippen molar-refractivity contribution in [2.24, 2.45) is 7.05 Å². The molecule has 0 saturated heterocycles. The number of benzene rings is 1. The van der Waals surface area contributed by atoms with E-state index in [0.29, 0.717) is 5.82 Å². The van der Waals surface area contributed by atoms with Crippen LogP contribution in [0.3, 0.4) is 0 Å². The highest BCUT2D eigenvalue weighted by Crippen LogP contribution is 2.46. The molecule has 0 unspecified atom stereocenters. The van der Waals surface area contributed by atoms with Crippen molar-refractivity contribution in [1.82, 2.24) is 29.7 Å². The number of hydrogen-bond acceptors (Lipinski definition) is 7. The Morgan fingerprint density at radius 2 is 2.03 bits per heavy atom. The van der Waals surface area contributed by atoms with Crippen molar-refractivity contribution in [2.75, 3.05) is 12.4 Å². The first-order chi connectivity index (χ1) is 16.7. The van der Waals surface area contributed by atoms with Gasteiger partial charge in [0.25, 0.3) is 0 Å². The van der Waals surface area contributed by atoms with Crippen molar-refractivity contribution in [3.05, 3.63) is 55.0 Å². The van der Waals surface area contributed by atoms with Gasteiger partial charge in [0, 0.05) is 44.4 Å². The molecule has 1 fully saturated rings. The molecule has 5 aromatic rings. The molecule has 9 heteroatoms. The van der Waals surface area contributed by atoms with Crippen LogP contribution >= 0.6 is 11.3 Å². The molecule has 0 radical (unpaired) electrons. The molecule has 4 aromatic heterocycles. The molecular weight excluding hydrogens is 446 g/mol. The van der Waals surface area contributed by atoms with Gasteiger partial charge < -0.3 is 14.6 Å². The average molecular weight is 472 g/mol. The third-order valence-corrected chi connectivity index (χ3v) is 7.53. The number of anilines is 1. The predicted molar refractivity (Wildman–Crippen MR) is 135 cm³/mol. The van der Waals surface area contributed by atoms with Crippen LogP contribution in [0.15, 0.2) is 55.0 Å². The number of thiophene rings is 1. The minimum absolute atomic E-state index is 0.277. The molecule has 6 rings (SSSR count). The zero-order valence-electron chi connectivity index (χ0n) is 19.0. The van der Waals surface area contributed by atoms with Gasteiger partial charge >= 0.3 is 0 Å². The van der Waals surface area contributed by atoms with Crippen LogP contribution in [0.1, 0.15) is 19.3 Å². The molecule has 34 heavy (non-hydrogen) atoms. The topological polar surface area (TPSA) is 93.5 Å². The van der Waals surface area contributed by atoms with Crippen molar-refractivity contribution in [1.29, 1.82) is 0 Å². The molecule has 4 heterocycles. The summed E-state index contributed by atoms with van der Waals surface area (Å²) in [6, 6.07) is 12.7. The Bertz CT molecular complexity index is 1420. The Hall–Kier alpha value is -3.56. The number of nitrogens with one attached hydrogen (secondary N) is 2. The maximum atomic E-state index is 5.62. The SMILES string of the molecule is CO[C@H]1CC[C@@H](Nc2nc(-c3nccn3C)nc3sc(-c4cc[nH]n4)c(-c4ccccc4)c23)C1. The fourth-order valence-corrected chi connectivity index (χ4v) is 5.88. The number of aromatic amines is 1. The lowest BCUT2D eigenvalue weighted by Crippen LogP contribution is -2.18. The van der Waals surface area contributed by atoms with Gasteiger partial charge in [0.1, 0.15) is 16.3 Å². The van der Waals surface area contributed by atoms with E-state index in [9.17, 15) is 0 Å². The second-order valence-corrected chi connectivity index (χ2v) is 9.58. The Kier molecular flexibility index (Phi) is 5.35. The number of aromatic nitrogens is 6. The highest BCUT2D eigenvalue weighted by atomic mass is 32.1. The molecule has 0 spiro atoms. The molecule has 1 aliphatic rings. The summed E-state index contributed by atoms with van der Waals surface area (Å²) < 4.78 is 7.56. The highest BCUT2D eigenvalue weighted by Gasteiger charge is 2.28. The fourth-order valence-electron chi connectivity index (χ4n) is 4.71. The van der Waals surface area contributed by atoms with Gasteiger partial charge in [0.2, 0.25) is 0 Å². The summed E-state index contributed by atoms with van der Waals surface area (Å²) in [4.78, 5) is 16.5. The summed E-state index contributed by atoms with van der Waals surface area (Å²) in [6.07, 6.45) is 8.85. The molecule has 0 aliphatic heterocycles. The quantitative estimate of drug-likeness (QED) is 0.357. The summed E-state index contributed by atoms with van der Waals surface area (Å²) in [7, 11) is 3.75. The predicted octanol–water partition coefficient (Wildman–Crippen LogP) is 5.13. The first-order valence-corrected chi connectivity index (χ1v) is 12.2. The average Bonchev–Trinajstić information content (AvgIpc) is 3.65. The van der Waals surface area contributed by atoms with Gasteiger partial charge in [-0.2, -0.15) is 5.10 Å². The van der Waals surface area contributed by atoms with E-state index in [4.69, 9.17) is 14.7 Å². The van der Waals surface area contributed by atoms with Crippen LogP contribution in [0, 0.1) is 0 Å². The summed E-state index contributed by atoms with van der Waals surface area (Å²) in [5.41, 5.74) is 3.11. The van der Waals surface area contributed by atoms with Crippen molar-refractivity contribution < 1.29 is 4.74 Å². The van der Waals surface area contributed by atoms with Crippen LogP contribution in [0.2, 0.25) is 0 Å². The second kappa shape index (κ2) is 8.66. The third-order valence-electron chi connectivity index (χ3n) is 6.43. The van der Waals surface area contributed by atoms with Gasteiger partial charge in [-0.15, -0.1) is 11.3 Å². The van der Waals surface area contributed by atoms with Crippen LogP contribution in [0.25, 0.3) is 43.6 Å². The van der Waals surface area contributed by atoms with Crippen molar-refractivity contribution >= 4 is 27.4 Å². The Balaban J connectivity index is 1.59. The van der Waals surface area contributed by atoms with E-state index in [1.54, 1.807) is 24.6 Å². The maximum absolute atomic E-state index is 5.62. The highest BCUT2D eigenvalue weighted by molar-refractivity contribution is 7.22. The number of fused-ring (bicyclic) bond motifs is 1. The van der Waals surface area contributed by atoms with Gasteiger partial charge in [-0.3, -0.25) is 5.10 Å². The van der Waals surface area contributed by atoms with Crippen LogP contribution in [0.4, 0.5) is 5.82 Å². The molecule has 2 atom stereocenters. The van der Waals surface area contributed by atoms with Crippen molar-refractivity contribution in [3.8, 4) is 33.3 Å². The smallest absolute Gasteiger partial charge is 0.199 e. The summed E-state index contributed by atoms with van der Waals surface area (Å²) in [5.74, 6) is 2.18.